The molecule has 0 bridgehead atoms. The molecule has 1 aromatic rings. The molecule has 0 saturated heterocycles. The van der Waals surface area contributed by atoms with Gasteiger partial charge < -0.3 is 5.73 Å². The van der Waals surface area contributed by atoms with Gasteiger partial charge in [-0.1, -0.05) is 12.8 Å². The Bertz CT molecular complexity index is 335. The van der Waals surface area contributed by atoms with Crippen LogP contribution in [0, 0.1) is 0 Å². The molecule has 0 radical (unpaired) electrons. The van der Waals surface area contributed by atoms with Crippen LogP contribution >= 0.6 is 11.3 Å². The van der Waals surface area contributed by atoms with Crippen molar-refractivity contribution in [1.29, 1.82) is 0 Å². The van der Waals surface area contributed by atoms with Crippen molar-refractivity contribution in [3.63, 3.8) is 0 Å². The Morgan fingerprint density at radius 1 is 1.07 bits per heavy atom. The minimum Gasteiger partial charge on any atom is -0.389 e. The van der Waals surface area contributed by atoms with Gasteiger partial charge in [-0.25, -0.2) is 4.98 Å². The molecule has 1 aromatic heterocycles. The van der Waals surface area contributed by atoms with Crippen molar-refractivity contribution in [3.8, 4) is 0 Å². The number of anilines is 1. The lowest BCUT2D eigenvalue weighted by atomic mass is 10.1. The maximum atomic E-state index is 6.04. The number of hydrogen-bond acceptors (Lipinski definition) is 3. The summed E-state index contributed by atoms with van der Waals surface area (Å²) in [6.45, 7) is 0. The summed E-state index contributed by atoms with van der Waals surface area (Å²) in [6, 6.07) is 0. The van der Waals surface area contributed by atoms with Gasteiger partial charge in [0, 0.05) is 11.8 Å². The second-order valence-electron chi connectivity index (χ2n) is 4.56. The zero-order valence-corrected chi connectivity index (χ0v) is 9.15. The molecular formula is C11H16N2S. The third kappa shape index (κ3) is 1.44. The van der Waals surface area contributed by atoms with E-state index in [2.05, 4.69) is 0 Å². The normalized spacial score (nSPS) is 23.1. The lowest BCUT2D eigenvalue weighted by molar-refractivity contribution is 0.701. The van der Waals surface area contributed by atoms with E-state index in [1.165, 1.54) is 49.2 Å². The predicted molar refractivity (Wildman–Crippen MR) is 59.7 cm³/mol. The molecule has 0 aliphatic heterocycles. The van der Waals surface area contributed by atoms with Crippen LogP contribution in [0.2, 0.25) is 0 Å². The molecule has 0 atom stereocenters. The van der Waals surface area contributed by atoms with E-state index in [1.54, 1.807) is 11.3 Å². The summed E-state index contributed by atoms with van der Waals surface area (Å²) in [5.41, 5.74) is 7.27. The number of aromatic nitrogens is 1. The van der Waals surface area contributed by atoms with Crippen LogP contribution in [0.5, 0.6) is 0 Å². The van der Waals surface area contributed by atoms with E-state index in [4.69, 9.17) is 10.7 Å². The maximum Gasteiger partial charge on any atom is 0.110 e. The summed E-state index contributed by atoms with van der Waals surface area (Å²) in [7, 11) is 0. The first-order chi connectivity index (χ1) is 6.84. The van der Waals surface area contributed by atoms with E-state index >= 15 is 0 Å². The quantitative estimate of drug-likeness (QED) is 0.810. The monoisotopic (exact) mass is 208 g/mol. The molecule has 2 fully saturated rings. The van der Waals surface area contributed by atoms with Crippen LogP contribution in [-0.4, -0.2) is 4.98 Å². The van der Waals surface area contributed by atoms with Gasteiger partial charge in [0.15, 0.2) is 0 Å². The van der Waals surface area contributed by atoms with Gasteiger partial charge >= 0.3 is 0 Å². The molecule has 0 aromatic carbocycles. The van der Waals surface area contributed by atoms with E-state index in [1.807, 2.05) is 0 Å². The highest BCUT2D eigenvalue weighted by Gasteiger charge is 2.30. The van der Waals surface area contributed by atoms with Crippen LogP contribution in [0.15, 0.2) is 0 Å². The summed E-state index contributed by atoms with van der Waals surface area (Å²) in [6.07, 6.45) is 7.99. The first-order valence-electron chi connectivity index (χ1n) is 5.60. The largest absolute Gasteiger partial charge is 0.389 e. The van der Waals surface area contributed by atoms with E-state index in [9.17, 15) is 0 Å². The van der Waals surface area contributed by atoms with Gasteiger partial charge in [0.1, 0.15) is 5.00 Å². The number of rotatable bonds is 2. The van der Waals surface area contributed by atoms with Gasteiger partial charge in [-0.05, 0) is 25.7 Å². The summed E-state index contributed by atoms with van der Waals surface area (Å²) in [5.74, 6) is 1.44. The van der Waals surface area contributed by atoms with E-state index < -0.39 is 0 Å². The summed E-state index contributed by atoms with van der Waals surface area (Å²) >= 11 is 1.74. The Balaban J connectivity index is 1.88. The molecule has 2 N–H and O–H groups in total. The highest BCUT2D eigenvalue weighted by atomic mass is 32.1. The second-order valence-corrected chi connectivity index (χ2v) is 5.62. The Morgan fingerprint density at radius 3 is 2.43 bits per heavy atom. The van der Waals surface area contributed by atoms with E-state index in [-0.39, 0.29) is 0 Å². The standard InChI is InChI=1S/C11H16N2S/c12-10-9(7-3-1-2-4-7)13-11(14-10)8-5-6-8/h7-8H,1-6,12H2. The Labute approximate surface area is 88.5 Å². The van der Waals surface area contributed by atoms with Gasteiger partial charge in [-0.2, -0.15) is 0 Å². The minimum atomic E-state index is 0.679. The Hall–Kier alpha value is -0.570. The van der Waals surface area contributed by atoms with Crippen LogP contribution in [-0.2, 0) is 0 Å². The molecule has 0 unspecified atom stereocenters. The van der Waals surface area contributed by atoms with Crippen LogP contribution < -0.4 is 5.73 Å². The molecule has 2 saturated carbocycles. The molecule has 3 heteroatoms. The Morgan fingerprint density at radius 2 is 1.79 bits per heavy atom. The van der Waals surface area contributed by atoms with Gasteiger partial charge in [-0.15, -0.1) is 11.3 Å². The van der Waals surface area contributed by atoms with Gasteiger partial charge in [0.25, 0.3) is 0 Å². The molecule has 2 nitrogen and oxygen atoms in total. The van der Waals surface area contributed by atoms with Gasteiger partial charge in [0.05, 0.1) is 10.7 Å². The SMILES string of the molecule is Nc1sc(C2CC2)nc1C1CCCC1. The van der Waals surface area contributed by atoms with Crippen molar-refractivity contribution in [2.75, 3.05) is 5.73 Å². The van der Waals surface area contributed by atoms with Crippen LogP contribution in [0.3, 0.4) is 0 Å². The smallest absolute Gasteiger partial charge is 0.110 e. The maximum absolute atomic E-state index is 6.04. The van der Waals surface area contributed by atoms with Crippen molar-refractivity contribution in [2.24, 2.45) is 0 Å². The number of thiazole rings is 1. The van der Waals surface area contributed by atoms with Crippen LogP contribution in [0.25, 0.3) is 0 Å². The molecule has 1 heterocycles. The molecule has 0 amide bonds. The fraction of sp³-hybridized carbons (Fsp3) is 0.727. The number of nitrogen functional groups attached to an aromatic ring is 1. The van der Waals surface area contributed by atoms with Crippen molar-refractivity contribution in [1.82, 2.24) is 4.98 Å². The fourth-order valence-electron chi connectivity index (χ4n) is 2.36. The van der Waals surface area contributed by atoms with Crippen molar-refractivity contribution in [2.45, 2.75) is 50.4 Å². The first kappa shape index (κ1) is 8.72. The van der Waals surface area contributed by atoms with E-state index in [0.717, 1.165) is 10.9 Å². The topological polar surface area (TPSA) is 38.9 Å². The summed E-state index contributed by atoms with van der Waals surface area (Å²) in [4.78, 5) is 4.75. The van der Waals surface area contributed by atoms with Crippen molar-refractivity contribution >= 4 is 16.3 Å². The number of hydrogen-bond donors (Lipinski definition) is 1. The van der Waals surface area contributed by atoms with Crippen LogP contribution in [0.4, 0.5) is 5.00 Å². The second kappa shape index (κ2) is 3.23. The zero-order chi connectivity index (χ0) is 9.54. The molecule has 0 spiro atoms. The minimum absolute atomic E-state index is 0.679. The van der Waals surface area contributed by atoms with Crippen LogP contribution in [0.1, 0.15) is 61.1 Å². The van der Waals surface area contributed by atoms with E-state index in [0.29, 0.717) is 5.92 Å². The third-order valence-corrected chi connectivity index (χ3v) is 4.43. The summed E-state index contributed by atoms with van der Waals surface area (Å²) < 4.78 is 0. The van der Waals surface area contributed by atoms with Gasteiger partial charge in [-0.3, -0.25) is 0 Å². The fourth-order valence-corrected chi connectivity index (χ4v) is 3.45. The lowest BCUT2D eigenvalue weighted by Crippen LogP contribution is -1.97. The number of nitrogens with zero attached hydrogens (tertiary/aromatic N) is 1. The first-order valence-corrected chi connectivity index (χ1v) is 6.42. The highest BCUT2D eigenvalue weighted by Crippen LogP contribution is 2.46. The lowest BCUT2D eigenvalue weighted by Gasteiger charge is -2.05. The van der Waals surface area contributed by atoms with Crippen molar-refractivity contribution < 1.29 is 0 Å². The molecular weight excluding hydrogens is 192 g/mol. The predicted octanol–water partition coefficient (Wildman–Crippen LogP) is 3.26. The number of nitrogens with two attached hydrogens (primary N) is 1. The summed E-state index contributed by atoms with van der Waals surface area (Å²) in [5, 5.41) is 2.31. The molecule has 2 aliphatic carbocycles. The van der Waals surface area contributed by atoms with Crippen molar-refractivity contribution in [3.05, 3.63) is 10.7 Å². The average molecular weight is 208 g/mol. The van der Waals surface area contributed by atoms with Gasteiger partial charge in [0.2, 0.25) is 0 Å². The zero-order valence-electron chi connectivity index (χ0n) is 8.33. The Kier molecular flexibility index (Phi) is 2.01. The molecule has 76 valence electrons. The molecule has 2 aliphatic rings. The molecule has 3 rings (SSSR count). The molecule has 14 heavy (non-hydrogen) atoms. The highest BCUT2D eigenvalue weighted by molar-refractivity contribution is 7.15. The average Bonchev–Trinajstić information content (AvgIpc) is 2.75. The third-order valence-electron chi connectivity index (χ3n) is 3.37.